The second-order valence-corrected chi connectivity index (χ2v) is 6.10. The molecule has 1 fully saturated rings. The van der Waals surface area contributed by atoms with Gasteiger partial charge in [-0.15, -0.1) is 0 Å². The number of halogens is 1. The van der Waals surface area contributed by atoms with Crippen LogP contribution in [0.1, 0.15) is 11.3 Å². The lowest BCUT2D eigenvalue weighted by Gasteiger charge is -2.26. The fourth-order valence-corrected chi connectivity index (χ4v) is 2.79. The van der Waals surface area contributed by atoms with Crippen LogP contribution in [0.4, 0.5) is 10.6 Å². The van der Waals surface area contributed by atoms with E-state index in [1.807, 2.05) is 30.3 Å². The number of hydrogen-bond acceptors (Lipinski definition) is 4. The molecular formula is C17H19ClN4O3. The molecule has 2 heterocycles. The van der Waals surface area contributed by atoms with E-state index in [1.165, 1.54) is 4.57 Å². The quantitative estimate of drug-likeness (QED) is 0.907. The number of nitrogens with one attached hydrogen (secondary N) is 1. The molecule has 0 atom stereocenters. The van der Waals surface area contributed by atoms with Gasteiger partial charge < -0.3 is 14.2 Å². The van der Waals surface area contributed by atoms with Gasteiger partial charge in [-0.05, 0) is 12.5 Å². The van der Waals surface area contributed by atoms with Crippen molar-refractivity contribution in [1.82, 2.24) is 14.5 Å². The summed E-state index contributed by atoms with van der Waals surface area (Å²) in [6.07, 6.45) is 0. The van der Waals surface area contributed by atoms with Gasteiger partial charge in [-0.1, -0.05) is 41.9 Å². The predicted molar refractivity (Wildman–Crippen MR) is 95.2 cm³/mol. The van der Waals surface area contributed by atoms with E-state index in [9.17, 15) is 9.59 Å². The fourth-order valence-electron chi connectivity index (χ4n) is 2.60. The number of nitrogens with zero attached hydrogens (tertiary/aromatic N) is 3. The number of carbonyl (C=O) groups excluding carboxylic acids is 1. The van der Waals surface area contributed by atoms with Gasteiger partial charge in [0.2, 0.25) is 5.82 Å². The largest absolute Gasteiger partial charge is 0.378 e. The molecule has 25 heavy (non-hydrogen) atoms. The summed E-state index contributed by atoms with van der Waals surface area (Å²) >= 11 is 6.17. The maximum absolute atomic E-state index is 12.7. The standard InChI is InChI=1S/C17H19ClN4O3/c1-12-14(18)19-15(20-17(24)21-7-9-25-10-8-21)16(23)22(12)11-13-5-3-2-4-6-13/h2-6H,7-11H2,1H3,(H,19,20,24). The highest BCUT2D eigenvalue weighted by Gasteiger charge is 2.20. The number of rotatable bonds is 3. The zero-order valence-corrected chi connectivity index (χ0v) is 14.6. The molecule has 132 valence electrons. The number of anilines is 1. The zero-order valence-electron chi connectivity index (χ0n) is 13.9. The van der Waals surface area contributed by atoms with Gasteiger partial charge in [0.25, 0.3) is 5.56 Å². The molecule has 0 saturated carbocycles. The third-order valence-corrected chi connectivity index (χ3v) is 4.43. The minimum atomic E-state index is -0.382. The molecule has 0 unspecified atom stereocenters. The molecule has 1 aromatic heterocycles. The van der Waals surface area contributed by atoms with E-state index in [1.54, 1.807) is 11.8 Å². The Labute approximate surface area is 150 Å². The second kappa shape index (κ2) is 7.67. The Morgan fingerprint density at radius 1 is 1.28 bits per heavy atom. The van der Waals surface area contributed by atoms with Crippen molar-refractivity contribution in [3.63, 3.8) is 0 Å². The minimum absolute atomic E-state index is 0.0666. The summed E-state index contributed by atoms with van der Waals surface area (Å²) in [4.78, 5) is 30.7. The van der Waals surface area contributed by atoms with Gasteiger partial charge in [0, 0.05) is 13.1 Å². The maximum Gasteiger partial charge on any atom is 0.323 e. The number of benzene rings is 1. The Morgan fingerprint density at radius 3 is 2.64 bits per heavy atom. The Bertz CT molecular complexity index is 817. The molecular weight excluding hydrogens is 344 g/mol. The van der Waals surface area contributed by atoms with Crippen LogP contribution < -0.4 is 10.9 Å². The number of aromatic nitrogens is 2. The summed E-state index contributed by atoms with van der Waals surface area (Å²) in [5.41, 5.74) is 1.13. The van der Waals surface area contributed by atoms with Crippen molar-refractivity contribution < 1.29 is 9.53 Å². The molecule has 0 radical (unpaired) electrons. The Balaban J connectivity index is 1.87. The smallest absolute Gasteiger partial charge is 0.323 e. The van der Waals surface area contributed by atoms with Crippen molar-refractivity contribution in [2.75, 3.05) is 31.6 Å². The number of hydrogen-bond donors (Lipinski definition) is 1. The first-order chi connectivity index (χ1) is 12.1. The topological polar surface area (TPSA) is 76.5 Å². The van der Waals surface area contributed by atoms with E-state index >= 15 is 0 Å². The number of urea groups is 1. The van der Waals surface area contributed by atoms with Crippen molar-refractivity contribution in [2.24, 2.45) is 0 Å². The van der Waals surface area contributed by atoms with E-state index < -0.39 is 0 Å². The third-order valence-electron chi connectivity index (χ3n) is 4.07. The molecule has 3 rings (SSSR count). The average molecular weight is 363 g/mol. The van der Waals surface area contributed by atoms with Crippen LogP contribution in [-0.4, -0.2) is 46.8 Å². The summed E-state index contributed by atoms with van der Waals surface area (Å²) in [5.74, 6) is -0.0666. The Hall–Kier alpha value is -2.38. The highest BCUT2D eigenvalue weighted by molar-refractivity contribution is 6.30. The van der Waals surface area contributed by atoms with Crippen LogP contribution in [0.15, 0.2) is 35.1 Å². The van der Waals surface area contributed by atoms with Crippen LogP contribution in [0.2, 0.25) is 5.15 Å². The second-order valence-electron chi connectivity index (χ2n) is 5.74. The van der Waals surface area contributed by atoms with Gasteiger partial charge in [0.05, 0.1) is 25.5 Å². The van der Waals surface area contributed by atoms with Crippen LogP contribution in [0.5, 0.6) is 0 Å². The van der Waals surface area contributed by atoms with E-state index in [0.29, 0.717) is 38.5 Å². The van der Waals surface area contributed by atoms with Crippen molar-refractivity contribution >= 4 is 23.4 Å². The molecule has 8 heteroatoms. The number of amides is 2. The molecule has 0 spiro atoms. The molecule has 2 aromatic rings. The Kier molecular flexibility index (Phi) is 5.35. The van der Waals surface area contributed by atoms with Gasteiger partial charge in [0.1, 0.15) is 0 Å². The summed E-state index contributed by atoms with van der Waals surface area (Å²) in [5, 5.41) is 2.76. The summed E-state index contributed by atoms with van der Waals surface area (Å²) in [6, 6.07) is 9.18. The highest BCUT2D eigenvalue weighted by atomic mass is 35.5. The molecule has 1 aromatic carbocycles. The van der Waals surface area contributed by atoms with Gasteiger partial charge >= 0.3 is 6.03 Å². The highest BCUT2D eigenvalue weighted by Crippen LogP contribution is 2.14. The molecule has 1 aliphatic rings. The molecule has 2 amide bonds. The fraction of sp³-hybridized carbons (Fsp3) is 0.353. The lowest BCUT2D eigenvalue weighted by Crippen LogP contribution is -2.44. The van der Waals surface area contributed by atoms with Crippen LogP contribution in [-0.2, 0) is 11.3 Å². The number of carbonyl (C=O) groups is 1. The zero-order chi connectivity index (χ0) is 17.8. The lowest BCUT2D eigenvalue weighted by atomic mass is 10.2. The molecule has 1 aliphatic heterocycles. The molecule has 7 nitrogen and oxygen atoms in total. The van der Waals surface area contributed by atoms with Crippen LogP contribution >= 0.6 is 11.6 Å². The minimum Gasteiger partial charge on any atom is -0.378 e. The van der Waals surface area contributed by atoms with Crippen molar-refractivity contribution in [1.29, 1.82) is 0 Å². The molecule has 0 bridgehead atoms. The third kappa shape index (κ3) is 4.00. The van der Waals surface area contributed by atoms with Gasteiger partial charge in [-0.2, -0.15) is 0 Å². The van der Waals surface area contributed by atoms with Crippen LogP contribution in [0, 0.1) is 6.92 Å². The van der Waals surface area contributed by atoms with E-state index in [-0.39, 0.29) is 22.6 Å². The first kappa shape index (κ1) is 17.4. The summed E-state index contributed by atoms with van der Waals surface area (Å²) in [6.45, 7) is 4.00. The SMILES string of the molecule is Cc1c(Cl)nc(NC(=O)N2CCOCC2)c(=O)n1Cc1ccccc1. The monoisotopic (exact) mass is 362 g/mol. The Morgan fingerprint density at radius 2 is 1.96 bits per heavy atom. The summed E-state index contributed by atoms with van der Waals surface area (Å²) in [7, 11) is 0. The van der Waals surface area contributed by atoms with Crippen molar-refractivity contribution in [3.8, 4) is 0 Å². The lowest BCUT2D eigenvalue weighted by molar-refractivity contribution is 0.0564. The molecule has 1 saturated heterocycles. The van der Waals surface area contributed by atoms with E-state index in [4.69, 9.17) is 16.3 Å². The first-order valence-electron chi connectivity index (χ1n) is 8.01. The van der Waals surface area contributed by atoms with Crippen molar-refractivity contribution in [2.45, 2.75) is 13.5 Å². The van der Waals surface area contributed by atoms with Crippen LogP contribution in [0.25, 0.3) is 0 Å². The molecule has 1 N–H and O–H groups in total. The van der Waals surface area contributed by atoms with Gasteiger partial charge in [-0.25, -0.2) is 9.78 Å². The first-order valence-corrected chi connectivity index (χ1v) is 8.38. The maximum atomic E-state index is 12.7. The van der Waals surface area contributed by atoms with E-state index in [0.717, 1.165) is 5.56 Å². The van der Waals surface area contributed by atoms with E-state index in [2.05, 4.69) is 10.3 Å². The normalized spacial score (nSPS) is 14.4. The number of ether oxygens (including phenoxy) is 1. The number of morpholine rings is 1. The van der Waals surface area contributed by atoms with Crippen molar-refractivity contribution in [3.05, 3.63) is 57.1 Å². The predicted octanol–water partition coefficient (Wildman–Crippen LogP) is 2.12. The molecule has 0 aliphatic carbocycles. The average Bonchev–Trinajstić information content (AvgIpc) is 2.64. The van der Waals surface area contributed by atoms with Gasteiger partial charge in [0.15, 0.2) is 5.15 Å². The van der Waals surface area contributed by atoms with Gasteiger partial charge in [-0.3, -0.25) is 10.1 Å². The summed E-state index contributed by atoms with van der Waals surface area (Å²) < 4.78 is 6.73. The van der Waals surface area contributed by atoms with Crippen LogP contribution in [0.3, 0.4) is 0 Å².